The normalized spacial score (nSPS) is 11.9. The SMILES string of the molecule is CC(C)(CO)Cc1c(F)ccc(Cl)c1F. The van der Waals surface area contributed by atoms with Crippen molar-refractivity contribution in [3.05, 3.63) is 34.4 Å². The van der Waals surface area contributed by atoms with Gasteiger partial charge in [0.15, 0.2) is 0 Å². The van der Waals surface area contributed by atoms with Gasteiger partial charge in [-0.3, -0.25) is 0 Å². The molecule has 0 bridgehead atoms. The van der Waals surface area contributed by atoms with E-state index < -0.39 is 17.0 Å². The quantitative estimate of drug-likeness (QED) is 0.797. The molecule has 15 heavy (non-hydrogen) atoms. The van der Waals surface area contributed by atoms with Gasteiger partial charge < -0.3 is 5.11 Å². The first-order valence-corrected chi connectivity index (χ1v) is 4.98. The summed E-state index contributed by atoms with van der Waals surface area (Å²) in [5.41, 5.74) is -0.631. The van der Waals surface area contributed by atoms with Crippen LogP contribution in [0.25, 0.3) is 0 Å². The minimum Gasteiger partial charge on any atom is -0.396 e. The van der Waals surface area contributed by atoms with Crippen molar-refractivity contribution < 1.29 is 13.9 Å². The molecule has 0 spiro atoms. The van der Waals surface area contributed by atoms with Crippen LogP contribution in [0.4, 0.5) is 8.78 Å². The lowest BCUT2D eigenvalue weighted by Gasteiger charge is -2.22. The van der Waals surface area contributed by atoms with E-state index in [2.05, 4.69) is 0 Å². The molecule has 0 saturated heterocycles. The molecule has 1 N–H and O–H groups in total. The predicted molar refractivity (Wildman–Crippen MR) is 55.9 cm³/mol. The molecule has 84 valence electrons. The molecule has 1 nitrogen and oxygen atoms in total. The average Bonchev–Trinajstić information content (AvgIpc) is 2.19. The largest absolute Gasteiger partial charge is 0.396 e. The van der Waals surface area contributed by atoms with Crippen molar-refractivity contribution >= 4 is 11.6 Å². The summed E-state index contributed by atoms with van der Waals surface area (Å²) in [6.07, 6.45) is 0.113. The highest BCUT2D eigenvalue weighted by atomic mass is 35.5. The van der Waals surface area contributed by atoms with Crippen molar-refractivity contribution in [1.29, 1.82) is 0 Å². The van der Waals surface area contributed by atoms with Gasteiger partial charge >= 0.3 is 0 Å². The summed E-state index contributed by atoms with van der Waals surface area (Å²) in [4.78, 5) is 0. The maximum atomic E-state index is 13.5. The highest BCUT2D eigenvalue weighted by molar-refractivity contribution is 6.30. The minimum absolute atomic E-state index is 0.0680. The van der Waals surface area contributed by atoms with Gasteiger partial charge in [-0.15, -0.1) is 0 Å². The molecule has 1 aromatic rings. The lowest BCUT2D eigenvalue weighted by molar-refractivity contribution is 0.157. The van der Waals surface area contributed by atoms with E-state index in [1.54, 1.807) is 13.8 Å². The van der Waals surface area contributed by atoms with E-state index in [1.807, 2.05) is 0 Å². The summed E-state index contributed by atoms with van der Waals surface area (Å²) >= 11 is 5.55. The van der Waals surface area contributed by atoms with E-state index in [9.17, 15) is 8.78 Å². The van der Waals surface area contributed by atoms with Crippen LogP contribution in [0.2, 0.25) is 5.02 Å². The van der Waals surface area contributed by atoms with Gasteiger partial charge in [-0.1, -0.05) is 25.4 Å². The van der Waals surface area contributed by atoms with E-state index >= 15 is 0 Å². The molecule has 1 rings (SSSR count). The Morgan fingerprint density at radius 2 is 1.93 bits per heavy atom. The first kappa shape index (κ1) is 12.4. The molecule has 0 unspecified atom stereocenters. The van der Waals surface area contributed by atoms with Crippen molar-refractivity contribution in [2.45, 2.75) is 20.3 Å². The van der Waals surface area contributed by atoms with Crippen molar-refractivity contribution in [2.75, 3.05) is 6.61 Å². The smallest absolute Gasteiger partial charge is 0.147 e. The van der Waals surface area contributed by atoms with Crippen LogP contribution in [0.1, 0.15) is 19.4 Å². The molecule has 0 radical (unpaired) electrons. The zero-order valence-corrected chi connectivity index (χ0v) is 9.41. The highest BCUT2D eigenvalue weighted by Gasteiger charge is 2.22. The Labute approximate surface area is 92.7 Å². The third-order valence-electron chi connectivity index (χ3n) is 2.22. The second kappa shape index (κ2) is 4.45. The topological polar surface area (TPSA) is 20.2 Å². The van der Waals surface area contributed by atoms with E-state index in [4.69, 9.17) is 16.7 Å². The van der Waals surface area contributed by atoms with Gasteiger partial charge in [-0.05, 0) is 24.0 Å². The van der Waals surface area contributed by atoms with Gasteiger partial charge in [-0.2, -0.15) is 0 Å². The zero-order valence-electron chi connectivity index (χ0n) is 8.65. The van der Waals surface area contributed by atoms with E-state index in [0.29, 0.717) is 0 Å². The number of rotatable bonds is 3. The predicted octanol–water partition coefficient (Wildman–Crippen LogP) is 3.18. The van der Waals surface area contributed by atoms with Crippen LogP contribution in [0.3, 0.4) is 0 Å². The van der Waals surface area contributed by atoms with Crippen LogP contribution >= 0.6 is 11.6 Å². The maximum Gasteiger partial charge on any atom is 0.147 e. The molecule has 0 saturated carbocycles. The molecule has 1 aromatic carbocycles. The van der Waals surface area contributed by atoms with Crippen LogP contribution in [0.15, 0.2) is 12.1 Å². The van der Waals surface area contributed by atoms with E-state index in [1.165, 1.54) is 6.07 Å². The van der Waals surface area contributed by atoms with Gasteiger partial charge in [0.25, 0.3) is 0 Å². The van der Waals surface area contributed by atoms with Crippen molar-refractivity contribution in [2.24, 2.45) is 5.41 Å². The highest BCUT2D eigenvalue weighted by Crippen LogP contribution is 2.28. The Hall–Kier alpha value is -0.670. The van der Waals surface area contributed by atoms with E-state index in [-0.39, 0.29) is 23.6 Å². The molecule has 0 aliphatic carbocycles. The number of benzene rings is 1. The second-order valence-electron chi connectivity index (χ2n) is 4.32. The van der Waals surface area contributed by atoms with Crippen LogP contribution < -0.4 is 0 Å². The molecular formula is C11H13ClF2O. The summed E-state index contributed by atoms with van der Waals surface area (Å²) in [7, 11) is 0. The number of halogens is 3. The monoisotopic (exact) mass is 234 g/mol. The molecule has 4 heteroatoms. The lowest BCUT2D eigenvalue weighted by Crippen LogP contribution is -2.21. The fourth-order valence-electron chi connectivity index (χ4n) is 1.27. The molecular weight excluding hydrogens is 222 g/mol. The van der Waals surface area contributed by atoms with Gasteiger partial charge in [-0.25, -0.2) is 8.78 Å². The summed E-state index contributed by atoms with van der Waals surface area (Å²) < 4.78 is 26.8. The number of aliphatic hydroxyl groups is 1. The number of aliphatic hydroxyl groups excluding tert-OH is 1. The van der Waals surface area contributed by atoms with Crippen molar-refractivity contribution in [3.63, 3.8) is 0 Å². The van der Waals surface area contributed by atoms with Crippen LogP contribution in [-0.4, -0.2) is 11.7 Å². The summed E-state index contributed by atoms with van der Waals surface area (Å²) in [6.45, 7) is 3.32. The third-order valence-corrected chi connectivity index (χ3v) is 2.51. The van der Waals surface area contributed by atoms with Gasteiger partial charge in [0.2, 0.25) is 0 Å². The number of hydrogen-bond acceptors (Lipinski definition) is 1. The molecule has 0 heterocycles. The second-order valence-corrected chi connectivity index (χ2v) is 4.73. The lowest BCUT2D eigenvalue weighted by atomic mass is 9.86. The summed E-state index contributed by atoms with van der Waals surface area (Å²) in [5, 5.41) is 8.93. The average molecular weight is 235 g/mol. The van der Waals surface area contributed by atoms with E-state index in [0.717, 1.165) is 6.07 Å². The van der Waals surface area contributed by atoms with Crippen LogP contribution in [0, 0.1) is 17.0 Å². The van der Waals surface area contributed by atoms with Gasteiger partial charge in [0.1, 0.15) is 11.6 Å². The maximum absolute atomic E-state index is 13.5. The van der Waals surface area contributed by atoms with Crippen LogP contribution in [0.5, 0.6) is 0 Å². The molecule has 0 aromatic heterocycles. The summed E-state index contributed by atoms with van der Waals surface area (Å²) in [6, 6.07) is 2.32. The third kappa shape index (κ3) is 2.89. The fraction of sp³-hybridized carbons (Fsp3) is 0.455. The molecule has 0 aliphatic heterocycles. The zero-order chi connectivity index (χ0) is 11.6. The van der Waals surface area contributed by atoms with Crippen molar-refractivity contribution in [1.82, 2.24) is 0 Å². The molecule has 0 aliphatic rings. The molecule has 0 fully saturated rings. The molecule has 0 amide bonds. The Morgan fingerprint density at radius 3 is 2.47 bits per heavy atom. The Balaban J connectivity index is 3.09. The standard InChI is InChI=1S/C11H13ClF2O/c1-11(2,6-15)5-7-9(13)4-3-8(12)10(7)14/h3-4,15H,5-6H2,1-2H3. The minimum atomic E-state index is -0.738. The van der Waals surface area contributed by atoms with Gasteiger partial charge in [0.05, 0.1) is 5.02 Å². The van der Waals surface area contributed by atoms with Crippen LogP contribution in [-0.2, 0) is 6.42 Å². The molecule has 0 atom stereocenters. The Bertz CT molecular complexity index is 364. The first-order chi connectivity index (χ1) is 6.87. The Kier molecular flexibility index (Phi) is 3.68. The summed E-state index contributed by atoms with van der Waals surface area (Å²) in [5.74, 6) is -1.36. The first-order valence-electron chi connectivity index (χ1n) is 4.60. The number of hydrogen-bond donors (Lipinski definition) is 1. The Morgan fingerprint density at radius 1 is 1.33 bits per heavy atom. The van der Waals surface area contributed by atoms with Gasteiger partial charge in [0, 0.05) is 12.2 Å². The fourth-order valence-corrected chi connectivity index (χ4v) is 1.44. The van der Waals surface area contributed by atoms with Crippen molar-refractivity contribution in [3.8, 4) is 0 Å².